The van der Waals surface area contributed by atoms with Crippen molar-refractivity contribution < 1.29 is 4.74 Å². The maximum Gasteiger partial charge on any atom is 0.187 e. The Balaban J connectivity index is 1.47. The van der Waals surface area contributed by atoms with Crippen molar-refractivity contribution in [3.8, 4) is 0 Å². The average molecular weight is 469 g/mol. The lowest BCUT2D eigenvalue weighted by molar-refractivity contribution is 0.0875. The van der Waals surface area contributed by atoms with Crippen LogP contribution in [0.25, 0.3) is 10.3 Å². The second-order valence-electron chi connectivity index (χ2n) is 9.90. The minimum atomic E-state index is -0.00681. The standard InChI is InChI=1S/C25H36N6OS/c1-5-16(13-20(32-4)18-14-26-31(15-18)19-11-12-19)23-27-21(17-9-7-6-8-10-17)22-24(28-23)29-25(33-22)30(2)3/h14-17,19-20H,5-13H2,1-4H3. The number of methoxy groups -OCH3 is 1. The van der Waals surface area contributed by atoms with Gasteiger partial charge in [0.1, 0.15) is 5.82 Å². The summed E-state index contributed by atoms with van der Waals surface area (Å²) >= 11 is 1.73. The topological polar surface area (TPSA) is 69.0 Å². The van der Waals surface area contributed by atoms with E-state index in [4.69, 9.17) is 19.7 Å². The molecule has 2 atom stereocenters. The molecule has 5 rings (SSSR count). The third-order valence-corrected chi connectivity index (χ3v) is 8.45. The van der Waals surface area contributed by atoms with Crippen molar-refractivity contribution in [1.82, 2.24) is 24.7 Å². The molecule has 2 aliphatic rings. The molecule has 0 spiro atoms. The molecule has 8 heteroatoms. The Morgan fingerprint density at radius 2 is 1.91 bits per heavy atom. The molecule has 0 bridgehead atoms. The summed E-state index contributed by atoms with van der Waals surface area (Å²) in [6.07, 6.45) is 14.8. The van der Waals surface area contributed by atoms with Gasteiger partial charge in [0, 0.05) is 44.8 Å². The van der Waals surface area contributed by atoms with Gasteiger partial charge in [0.05, 0.1) is 28.7 Å². The zero-order valence-corrected chi connectivity index (χ0v) is 21.1. The second kappa shape index (κ2) is 9.66. The Kier molecular flexibility index (Phi) is 6.65. The quantitative estimate of drug-likeness (QED) is 0.383. The van der Waals surface area contributed by atoms with Crippen molar-refractivity contribution in [1.29, 1.82) is 0 Å². The van der Waals surface area contributed by atoms with Crippen molar-refractivity contribution in [2.24, 2.45) is 0 Å². The molecule has 2 unspecified atom stereocenters. The molecular weight excluding hydrogens is 432 g/mol. The number of hydrogen-bond donors (Lipinski definition) is 0. The van der Waals surface area contributed by atoms with Gasteiger partial charge < -0.3 is 9.64 Å². The van der Waals surface area contributed by atoms with Gasteiger partial charge in [0.15, 0.2) is 10.8 Å². The Labute approximate surface area is 200 Å². The number of anilines is 1. The summed E-state index contributed by atoms with van der Waals surface area (Å²) in [6.45, 7) is 2.23. The summed E-state index contributed by atoms with van der Waals surface area (Å²) in [6, 6.07) is 0.581. The Morgan fingerprint density at radius 1 is 1.12 bits per heavy atom. The third kappa shape index (κ3) is 4.78. The van der Waals surface area contributed by atoms with Crippen molar-refractivity contribution in [2.75, 3.05) is 26.1 Å². The van der Waals surface area contributed by atoms with Crippen molar-refractivity contribution in [3.05, 3.63) is 29.5 Å². The maximum absolute atomic E-state index is 5.94. The van der Waals surface area contributed by atoms with Crippen LogP contribution in [0.4, 0.5) is 5.13 Å². The lowest BCUT2D eigenvalue weighted by Crippen LogP contribution is -2.14. The van der Waals surface area contributed by atoms with E-state index in [-0.39, 0.29) is 12.0 Å². The van der Waals surface area contributed by atoms with Crippen LogP contribution in [0.1, 0.15) is 106 Å². The molecule has 3 aromatic heterocycles. The van der Waals surface area contributed by atoms with Gasteiger partial charge in [0.2, 0.25) is 0 Å². The van der Waals surface area contributed by atoms with E-state index in [1.54, 1.807) is 18.4 Å². The summed E-state index contributed by atoms with van der Waals surface area (Å²) in [5.74, 6) is 1.67. The molecule has 3 aromatic rings. The van der Waals surface area contributed by atoms with Crippen LogP contribution in [-0.4, -0.2) is 45.9 Å². The van der Waals surface area contributed by atoms with Crippen LogP contribution < -0.4 is 4.90 Å². The minimum absolute atomic E-state index is 0.00681. The largest absolute Gasteiger partial charge is 0.377 e. The normalized spacial score (nSPS) is 19.2. The van der Waals surface area contributed by atoms with E-state index in [1.165, 1.54) is 55.3 Å². The fourth-order valence-corrected chi connectivity index (χ4v) is 6.01. The lowest BCUT2D eigenvalue weighted by atomic mass is 9.86. The summed E-state index contributed by atoms with van der Waals surface area (Å²) in [4.78, 5) is 17.2. The van der Waals surface area contributed by atoms with Crippen LogP contribution in [0.15, 0.2) is 12.4 Å². The molecule has 2 aliphatic carbocycles. The Morgan fingerprint density at radius 3 is 2.58 bits per heavy atom. The van der Waals surface area contributed by atoms with E-state index in [2.05, 4.69) is 27.8 Å². The predicted molar refractivity (Wildman–Crippen MR) is 133 cm³/mol. The number of rotatable bonds is 9. The SMILES string of the molecule is CCC(CC(OC)c1cnn(C2CC2)c1)c1nc(C2CCCCC2)c2sc(N(C)C)nc2n1. The van der Waals surface area contributed by atoms with Gasteiger partial charge in [0.25, 0.3) is 0 Å². The molecule has 2 fully saturated rings. The minimum Gasteiger partial charge on any atom is -0.377 e. The van der Waals surface area contributed by atoms with Crippen molar-refractivity contribution in [2.45, 2.75) is 88.7 Å². The monoisotopic (exact) mass is 468 g/mol. The molecule has 0 N–H and O–H groups in total. The van der Waals surface area contributed by atoms with E-state index < -0.39 is 0 Å². The van der Waals surface area contributed by atoms with Gasteiger partial charge >= 0.3 is 0 Å². The van der Waals surface area contributed by atoms with E-state index in [9.17, 15) is 0 Å². The van der Waals surface area contributed by atoms with Crippen LogP contribution >= 0.6 is 11.3 Å². The van der Waals surface area contributed by atoms with E-state index >= 15 is 0 Å². The fraction of sp³-hybridized carbons (Fsp3) is 0.680. The number of aromatic nitrogens is 5. The summed E-state index contributed by atoms with van der Waals surface area (Å²) in [5.41, 5.74) is 3.25. The first-order valence-electron chi connectivity index (χ1n) is 12.5. The molecule has 178 valence electrons. The van der Waals surface area contributed by atoms with Gasteiger partial charge in [-0.15, -0.1) is 0 Å². The highest BCUT2D eigenvalue weighted by atomic mass is 32.1. The number of nitrogens with zero attached hydrogens (tertiary/aromatic N) is 6. The van der Waals surface area contributed by atoms with Crippen LogP contribution in [-0.2, 0) is 4.74 Å². The highest BCUT2D eigenvalue weighted by Crippen LogP contribution is 2.41. The zero-order chi connectivity index (χ0) is 22.9. The molecular formula is C25H36N6OS. The molecule has 2 saturated carbocycles. The first-order valence-corrected chi connectivity index (χ1v) is 13.3. The second-order valence-corrected chi connectivity index (χ2v) is 10.9. The van der Waals surface area contributed by atoms with E-state index in [0.717, 1.165) is 35.0 Å². The van der Waals surface area contributed by atoms with Gasteiger partial charge in [-0.25, -0.2) is 9.97 Å². The number of hydrogen-bond acceptors (Lipinski definition) is 7. The van der Waals surface area contributed by atoms with Crippen LogP contribution in [0.3, 0.4) is 0 Å². The van der Waals surface area contributed by atoms with Crippen LogP contribution in [0, 0.1) is 0 Å². The molecule has 0 amide bonds. The van der Waals surface area contributed by atoms with Gasteiger partial charge in [-0.2, -0.15) is 10.1 Å². The van der Waals surface area contributed by atoms with Gasteiger partial charge in [-0.05, 0) is 38.5 Å². The van der Waals surface area contributed by atoms with Gasteiger partial charge in [-0.1, -0.05) is 37.5 Å². The van der Waals surface area contributed by atoms with Crippen LogP contribution in [0.5, 0.6) is 0 Å². The molecule has 0 aliphatic heterocycles. The highest BCUT2D eigenvalue weighted by molar-refractivity contribution is 7.22. The summed E-state index contributed by atoms with van der Waals surface area (Å²) in [7, 11) is 5.89. The first-order chi connectivity index (χ1) is 16.1. The number of thiazole rings is 1. The molecule has 0 aromatic carbocycles. The molecule has 3 heterocycles. The van der Waals surface area contributed by atoms with E-state index in [1.807, 2.05) is 20.3 Å². The summed E-state index contributed by atoms with van der Waals surface area (Å²) in [5, 5.41) is 5.58. The van der Waals surface area contributed by atoms with Gasteiger partial charge in [-0.3, -0.25) is 4.68 Å². The number of fused-ring (bicyclic) bond motifs is 1. The van der Waals surface area contributed by atoms with Crippen LogP contribution in [0.2, 0.25) is 0 Å². The molecule has 33 heavy (non-hydrogen) atoms. The molecule has 0 radical (unpaired) electrons. The predicted octanol–water partition coefficient (Wildman–Crippen LogP) is 6.00. The van der Waals surface area contributed by atoms with Crippen molar-refractivity contribution in [3.63, 3.8) is 0 Å². The third-order valence-electron chi connectivity index (χ3n) is 7.22. The molecule has 0 saturated heterocycles. The smallest absolute Gasteiger partial charge is 0.187 e. The fourth-order valence-electron chi connectivity index (χ4n) is 5.02. The maximum atomic E-state index is 5.94. The Bertz CT molecular complexity index is 1080. The summed E-state index contributed by atoms with van der Waals surface area (Å²) < 4.78 is 9.22. The Hall–Kier alpha value is -2.06. The molecule has 7 nitrogen and oxygen atoms in total. The van der Waals surface area contributed by atoms with Crippen molar-refractivity contribution >= 4 is 26.8 Å². The lowest BCUT2D eigenvalue weighted by Gasteiger charge is -2.24. The zero-order valence-electron chi connectivity index (χ0n) is 20.3. The number of ether oxygens (including phenoxy) is 1. The first kappa shape index (κ1) is 22.7. The highest BCUT2D eigenvalue weighted by Gasteiger charge is 2.29. The van der Waals surface area contributed by atoms with E-state index in [0.29, 0.717) is 12.0 Å². The average Bonchev–Trinajstić information content (AvgIpc) is 3.40.